The molecule has 36 heavy (non-hydrogen) atoms. The van der Waals surface area contributed by atoms with Gasteiger partial charge in [0.1, 0.15) is 6.54 Å². The number of hydrogen-bond donors (Lipinski definition) is 0. The van der Waals surface area contributed by atoms with Crippen molar-refractivity contribution in [3.05, 3.63) is 83.0 Å². The van der Waals surface area contributed by atoms with E-state index in [1.165, 1.54) is 32.2 Å². The van der Waals surface area contributed by atoms with Crippen molar-refractivity contribution >= 4 is 22.0 Å². The molecule has 2 aromatic carbocycles. The van der Waals surface area contributed by atoms with Gasteiger partial charge in [-0.3, -0.25) is 9.78 Å². The molecule has 1 aromatic heterocycles. The molecule has 10 heteroatoms. The van der Waals surface area contributed by atoms with E-state index in [4.69, 9.17) is 14.7 Å². The summed E-state index contributed by atoms with van der Waals surface area (Å²) in [4.78, 5) is 29.4. The number of methoxy groups -OCH3 is 2. The predicted octanol–water partition coefficient (Wildman–Crippen LogP) is 3.64. The lowest BCUT2D eigenvalue weighted by Gasteiger charge is -2.28. The predicted molar refractivity (Wildman–Crippen MR) is 131 cm³/mol. The zero-order valence-electron chi connectivity index (χ0n) is 20.3. The van der Waals surface area contributed by atoms with E-state index in [0.717, 1.165) is 17.0 Å². The van der Waals surface area contributed by atoms with E-state index >= 15 is 0 Å². The fourth-order valence-electron chi connectivity index (χ4n) is 3.56. The molecule has 0 aliphatic heterocycles. The largest absolute Gasteiger partial charge is 0.468 e. The van der Waals surface area contributed by atoms with Crippen LogP contribution in [0.1, 0.15) is 40.1 Å². The Balaban J connectivity index is 2.17. The number of aryl methyl sites for hydroxylation is 1. The minimum absolute atomic E-state index is 0.0216. The average Bonchev–Trinajstić information content (AvgIpc) is 2.90. The molecule has 0 saturated heterocycles. The highest BCUT2D eigenvalue weighted by molar-refractivity contribution is 7.89. The Morgan fingerprint density at radius 2 is 1.64 bits per heavy atom. The minimum atomic E-state index is -4.20. The molecule has 0 saturated carbocycles. The SMILES string of the molecule is COC(=O)CN(C(C)c1nc(-c2ccc(C#N)cc2)ccc1C(=O)OC)S(=O)(=O)c1ccc(C)cc1. The second-order valence-corrected chi connectivity index (χ2v) is 9.82. The molecule has 0 bridgehead atoms. The normalized spacial score (nSPS) is 12.0. The highest BCUT2D eigenvalue weighted by Crippen LogP contribution is 2.31. The third-order valence-corrected chi connectivity index (χ3v) is 7.54. The standard InChI is InChI=1S/C26H25N3O6S/c1-17-5-11-21(12-6-17)36(32,33)29(16-24(30)34-3)18(2)25-22(26(31)35-4)13-14-23(28-25)20-9-7-19(15-27)8-10-20/h5-14,18H,16H2,1-4H3. The number of carbonyl (C=O) groups excluding carboxylic acids is 2. The Kier molecular flexibility index (Phi) is 8.19. The summed E-state index contributed by atoms with van der Waals surface area (Å²) in [6.07, 6.45) is 0. The van der Waals surface area contributed by atoms with Crippen LogP contribution in [0.3, 0.4) is 0 Å². The second kappa shape index (κ2) is 11.1. The summed E-state index contributed by atoms with van der Waals surface area (Å²) in [6, 6.07) is 16.9. The maximum absolute atomic E-state index is 13.6. The molecule has 0 aliphatic carbocycles. The van der Waals surface area contributed by atoms with Crippen LogP contribution < -0.4 is 0 Å². The smallest absolute Gasteiger partial charge is 0.339 e. The number of sulfonamides is 1. The van der Waals surface area contributed by atoms with Crippen LogP contribution >= 0.6 is 0 Å². The number of carbonyl (C=O) groups is 2. The molecule has 3 aromatic rings. The number of rotatable bonds is 8. The van der Waals surface area contributed by atoms with Crippen LogP contribution in [0, 0.1) is 18.3 Å². The highest BCUT2D eigenvalue weighted by Gasteiger charge is 2.35. The first-order valence-corrected chi connectivity index (χ1v) is 12.3. The maximum atomic E-state index is 13.6. The molecule has 0 amide bonds. The Bertz CT molecular complexity index is 1410. The van der Waals surface area contributed by atoms with Gasteiger partial charge in [-0.25, -0.2) is 13.2 Å². The van der Waals surface area contributed by atoms with Crippen molar-refractivity contribution in [3.63, 3.8) is 0 Å². The van der Waals surface area contributed by atoms with Crippen molar-refractivity contribution < 1.29 is 27.5 Å². The molecule has 1 atom stereocenters. The topological polar surface area (TPSA) is 127 Å². The van der Waals surface area contributed by atoms with Crippen LogP contribution in [-0.2, 0) is 24.3 Å². The Morgan fingerprint density at radius 1 is 1.00 bits per heavy atom. The van der Waals surface area contributed by atoms with Gasteiger partial charge in [0.25, 0.3) is 0 Å². The molecule has 0 N–H and O–H groups in total. The third kappa shape index (κ3) is 5.59. The molecule has 0 radical (unpaired) electrons. The first-order valence-electron chi connectivity index (χ1n) is 10.9. The Morgan fingerprint density at radius 3 is 2.19 bits per heavy atom. The van der Waals surface area contributed by atoms with E-state index in [9.17, 15) is 18.0 Å². The van der Waals surface area contributed by atoms with Crippen LogP contribution in [0.15, 0.2) is 65.6 Å². The first kappa shape index (κ1) is 26.5. The molecule has 0 aliphatic rings. The molecular weight excluding hydrogens is 482 g/mol. The molecule has 0 fully saturated rings. The number of nitriles is 1. The number of aromatic nitrogens is 1. The number of esters is 2. The summed E-state index contributed by atoms with van der Waals surface area (Å²) in [6.45, 7) is 2.76. The van der Waals surface area contributed by atoms with Gasteiger partial charge in [0.2, 0.25) is 10.0 Å². The molecule has 0 spiro atoms. The first-order chi connectivity index (χ1) is 17.1. The molecule has 1 unspecified atom stereocenters. The van der Waals surface area contributed by atoms with Gasteiger partial charge in [-0.1, -0.05) is 29.8 Å². The molecule has 186 valence electrons. The summed E-state index contributed by atoms with van der Waals surface area (Å²) in [5.41, 5.74) is 2.58. The van der Waals surface area contributed by atoms with E-state index in [1.54, 1.807) is 42.5 Å². The van der Waals surface area contributed by atoms with Gasteiger partial charge in [0.05, 0.1) is 53.7 Å². The van der Waals surface area contributed by atoms with E-state index in [2.05, 4.69) is 4.98 Å². The Hall–Kier alpha value is -4.07. The van der Waals surface area contributed by atoms with Crippen molar-refractivity contribution in [2.75, 3.05) is 20.8 Å². The summed E-state index contributed by atoms with van der Waals surface area (Å²) >= 11 is 0. The van der Waals surface area contributed by atoms with Gasteiger partial charge in [0.15, 0.2) is 0 Å². The fraction of sp³-hybridized carbons (Fsp3) is 0.231. The zero-order chi connectivity index (χ0) is 26.5. The van der Waals surface area contributed by atoms with E-state index in [1.807, 2.05) is 13.0 Å². The van der Waals surface area contributed by atoms with Crippen molar-refractivity contribution in [3.8, 4) is 17.3 Å². The third-order valence-electron chi connectivity index (χ3n) is 5.61. The lowest BCUT2D eigenvalue weighted by atomic mass is 10.0. The van der Waals surface area contributed by atoms with Gasteiger partial charge in [-0.2, -0.15) is 9.57 Å². The summed E-state index contributed by atoms with van der Waals surface area (Å²) in [7, 11) is -1.83. The average molecular weight is 508 g/mol. The fourth-order valence-corrected chi connectivity index (χ4v) is 5.10. The quantitative estimate of drug-likeness (QED) is 0.423. The van der Waals surface area contributed by atoms with Crippen molar-refractivity contribution in [2.24, 2.45) is 0 Å². The highest BCUT2D eigenvalue weighted by atomic mass is 32.2. The van der Waals surface area contributed by atoms with Crippen LogP contribution in [0.5, 0.6) is 0 Å². The molecule has 1 heterocycles. The van der Waals surface area contributed by atoms with Crippen LogP contribution in [0.2, 0.25) is 0 Å². The van der Waals surface area contributed by atoms with Gasteiger partial charge in [-0.15, -0.1) is 0 Å². The minimum Gasteiger partial charge on any atom is -0.468 e. The van der Waals surface area contributed by atoms with Crippen molar-refractivity contribution in [1.29, 1.82) is 5.26 Å². The number of benzene rings is 2. The van der Waals surface area contributed by atoms with Crippen LogP contribution in [0.25, 0.3) is 11.3 Å². The summed E-state index contributed by atoms with van der Waals surface area (Å²) < 4.78 is 37.8. The summed E-state index contributed by atoms with van der Waals surface area (Å²) in [5, 5.41) is 9.06. The molecular formula is C26H25N3O6S. The van der Waals surface area contributed by atoms with Gasteiger partial charge in [0, 0.05) is 5.56 Å². The van der Waals surface area contributed by atoms with E-state index < -0.39 is 34.5 Å². The van der Waals surface area contributed by atoms with Gasteiger partial charge in [-0.05, 0) is 50.2 Å². The number of nitrogens with zero attached hydrogens (tertiary/aromatic N) is 3. The molecule has 3 rings (SSSR count). The van der Waals surface area contributed by atoms with Crippen molar-refractivity contribution in [1.82, 2.24) is 9.29 Å². The lowest BCUT2D eigenvalue weighted by molar-refractivity contribution is -0.141. The van der Waals surface area contributed by atoms with Crippen LogP contribution in [-0.4, -0.2) is 50.4 Å². The Labute approximate surface area is 210 Å². The summed E-state index contributed by atoms with van der Waals surface area (Å²) in [5.74, 6) is -1.48. The number of pyridine rings is 1. The van der Waals surface area contributed by atoms with E-state index in [-0.39, 0.29) is 16.2 Å². The van der Waals surface area contributed by atoms with Crippen LogP contribution in [0.4, 0.5) is 0 Å². The zero-order valence-corrected chi connectivity index (χ0v) is 21.1. The second-order valence-electron chi connectivity index (χ2n) is 7.93. The van der Waals surface area contributed by atoms with E-state index in [0.29, 0.717) is 16.8 Å². The lowest BCUT2D eigenvalue weighted by Crippen LogP contribution is -2.39. The van der Waals surface area contributed by atoms with Gasteiger partial charge < -0.3 is 9.47 Å². The van der Waals surface area contributed by atoms with Crippen molar-refractivity contribution in [2.45, 2.75) is 24.8 Å². The molecule has 9 nitrogen and oxygen atoms in total. The van der Waals surface area contributed by atoms with Gasteiger partial charge >= 0.3 is 11.9 Å². The number of ether oxygens (including phenoxy) is 2. The maximum Gasteiger partial charge on any atom is 0.339 e. The monoisotopic (exact) mass is 507 g/mol. The number of hydrogen-bond acceptors (Lipinski definition) is 8.